The van der Waals surface area contributed by atoms with E-state index in [1.807, 2.05) is 18.2 Å². The lowest BCUT2D eigenvalue weighted by Crippen LogP contribution is -2.20. The van der Waals surface area contributed by atoms with Crippen LogP contribution in [0.1, 0.15) is 71.1 Å². The summed E-state index contributed by atoms with van der Waals surface area (Å²) in [5.41, 5.74) is 0.706. The van der Waals surface area contributed by atoms with Gasteiger partial charge in [0, 0.05) is 12.1 Å². The topological polar surface area (TPSA) is 55.4 Å². The fourth-order valence-electron chi connectivity index (χ4n) is 2.52. The van der Waals surface area contributed by atoms with Gasteiger partial charge in [0.1, 0.15) is 0 Å². The molecule has 0 radical (unpaired) electrons. The zero-order valence-electron chi connectivity index (χ0n) is 14.9. The van der Waals surface area contributed by atoms with Gasteiger partial charge in [-0.1, -0.05) is 76.5 Å². The average Bonchev–Trinajstić information content (AvgIpc) is 2.59. The molecule has 0 aromatic heterocycles. The maximum absolute atomic E-state index is 11.7. The first-order valence-electron chi connectivity index (χ1n) is 9.23. The van der Waals surface area contributed by atoms with Gasteiger partial charge in [-0.2, -0.15) is 0 Å². The summed E-state index contributed by atoms with van der Waals surface area (Å²) < 4.78 is 5.00. The first kappa shape index (κ1) is 20.2. The van der Waals surface area contributed by atoms with E-state index in [-0.39, 0.29) is 18.5 Å². The number of amides is 1. The summed E-state index contributed by atoms with van der Waals surface area (Å²) in [7, 11) is 0. The Labute approximate surface area is 146 Å². The number of esters is 1. The van der Waals surface area contributed by atoms with E-state index in [0.29, 0.717) is 12.1 Å². The molecule has 1 amide bonds. The molecule has 4 heteroatoms. The molecule has 0 unspecified atom stereocenters. The van der Waals surface area contributed by atoms with Gasteiger partial charge in [0.15, 0.2) is 6.61 Å². The van der Waals surface area contributed by atoms with E-state index in [0.717, 1.165) is 12.8 Å². The summed E-state index contributed by atoms with van der Waals surface area (Å²) in [6.07, 6.45) is 11.3. The molecule has 0 saturated carbocycles. The molecule has 0 aliphatic rings. The Morgan fingerprint density at radius 2 is 1.46 bits per heavy atom. The summed E-state index contributed by atoms with van der Waals surface area (Å²) in [6.45, 7) is 2.01. The monoisotopic (exact) mass is 333 g/mol. The van der Waals surface area contributed by atoms with Gasteiger partial charge in [-0.15, -0.1) is 0 Å². The van der Waals surface area contributed by atoms with E-state index in [9.17, 15) is 9.59 Å². The first-order chi connectivity index (χ1) is 11.7. The Bertz CT molecular complexity index is 459. The summed E-state index contributed by atoms with van der Waals surface area (Å²) >= 11 is 0. The Morgan fingerprint density at radius 1 is 0.875 bits per heavy atom. The number of anilines is 1. The fraction of sp³-hybridized carbons (Fsp3) is 0.600. The Kier molecular flexibility index (Phi) is 11.4. The third kappa shape index (κ3) is 10.8. The zero-order chi connectivity index (χ0) is 17.5. The fourth-order valence-corrected chi connectivity index (χ4v) is 2.52. The van der Waals surface area contributed by atoms with Crippen molar-refractivity contribution in [2.75, 3.05) is 11.9 Å². The second kappa shape index (κ2) is 13.6. The lowest BCUT2D eigenvalue weighted by atomic mass is 10.1. The molecule has 0 fully saturated rings. The summed E-state index contributed by atoms with van der Waals surface area (Å²) in [5, 5.41) is 2.69. The summed E-state index contributed by atoms with van der Waals surface area (Å²) in [6, 6.07) is 9.14. The third-order valence-corrected chi connectivity index (χ3v) is 3.91. The molecule has 1 rings (SSSR count). The Hall–Kier alpha value is -1.84. The average molecular weight is 333 g/mol. The number of rotatable bonds is 13. The van der Waals surface area contributed by atoms with Crippen molar-refractivity contribution in [3.05, 3.63) is 30.3 Å². The molecule has 24 heavy (non-hydrogen) atoms. The van der Waals surface area contributed by atoms with Gasteiger partial charge >= 0.3 is 5.97 Å². The quantitative estimate of drug-likeness (QED) is 0.404. The molecule has 0 saturated heterocycles. The van der Waals surface area contributed by atoms with Gasteiger partial charge in [-0.05, 0) is 18.6 Å². The zero-order valence-corrected chi connectivity index (χ0v) is 14.9. The second-order valence-corrected chi connectivity index (χ2v) is 6.15. The molecule has 4 nitrogen and oxygen atoms in total. The van der Waals surface area contributed by atoms with Crippen LogP contribution in [0.15, 0.2) is 30.3 Å². The molecule has 0 aliphatic heterocycles. The lowest BCUT2D eigenvalue weighted by molar-refractivity contribution is -0.147. The van der Waals surface area contributed by atoms with Crippen molar-refractivity contribution in [2.24, 2.45) is 0 Å². The third-order valence-electron chi connectivity index (χ3n) is 3.91. The standard InChI is InChI=1S/C20H31NO3/c1-2-3-4-5-6-7-8-9-13-16-20(23)24-17-19(22)21-18-14-11-10-12-15-18/h10-12,14-15H,2-9,13,16-17H2,1H3,(H,21,22). The van der Waals surface area contributed by atoms with Crippen LogP contribution < -0.4 is 5.32 Å². The van der Waals surface area contributed by atoms with Crippen LogP contribution in [0.5, 0.6) is 0 Å². The maximum atomic E-state index is 11.7. The summed E-state index contributed by atoms with van der Waals surface area (Å²) in [5.74, 6) is -0.595. The summed E-state index contributed by atoms with van der Waals surface area (Å²) in [4.78, 5) is 23.3. The number of carbonyl (C=O) groups excluding carboxylic acids is 2. The van der Waals surface area contributed by atoms with Crippen LogP contribution in [-0.4, -0.2) is 18.5 Å². The highest BCUT2D eigenvalue weighted by atomic mass is 16.5. The van der Waals surface area contributed by atoms with Crippen LogP contribution in [-0.2, 0) is 14.3 Å². The molecular formula is C20H31NO3. The molecule has 0 spiro atoms. The van der Waals surface area contributed by atoms with E-state index >= 15 is 0 Å². The maximum Gasteiger partial charge on any atom is 0.306 e. The van der Waals surface area contributed by atoms with Gasteiger partial charge < -0.3 is 10.1 Å². The SMILES string of the molecule is CCCCCCCCCCCC(=O)OCC(=O)Nc1ccccc1. The van der Waals surface area contributed by atoms with E-state index < -0.39 is 0 Å². The molecule has 0 atom stereocenters. The van der Waals surface area contributed by atoms with Crippen LogP contribution in [0.2, 0.25) is 0 Å². The van der Waals surface area contributed by atoms with Crippen molar-refractivity contribution in [1.29, 1.82) is 0 Å². The largest absolute Gasteiger partial charge is 0.456 e. The minimum atomic E-state index is -0.304. The van der Waals surface area contributed by atoms with E-state index in [1.54, 1.807) is 12.1 Å². The number of carbonyl (C=O) groups is 2. The molecule has 1 aromatic rings. The molecule has 0 heterocycles. The van der Waals surface area contributed by atoms with Crippen LogP contribution in [0, 0.1) is 0 Å². The number of ether oxygens (including phenoxy) is 1. The minimum Gasteiger partial charge on any atom is -0.456 e. The van der Waals surface area contributed by atoms with Crippen molar-refractivity contribution in [3.63, 3.8) is 0 Å². The highest BCUT2D eigenvalue weighted by Gasteiger charge is 2.07. The van der Waals surface area contributed by atoms with Gasteiger partial charge in [0.25, 0.3) is 5.91 Å². The van der Waals surface area contributed by atoms with Crippen molar-refractivity contribution in [1.82, 2.24) is 0 Å². The molecule has 0 aliphatic carbocycles. The Balaban J connectivity index is 1.95. The lowest BCUT2D eigenvalue weighted by Gasteiger charge is -2.06. The number of benzene rings is 1. The van der Waals surface area contributed by atoms with Crippen molar-refractivity contribution in [3.8, 4) is 0 Å². The van der Waals surface area contributed by atoms with E-state index in [4.69, 9.17) is 4.74 Å². The van der Waals surface area contributed by atoms with Crippen LogP contribution in [0.25, 0.3) is 0 Å². The van der Waals surface area contributed by atoms with Gasteiger partial charge in [-0.3, -0.25) is 9.59 Å². The molecule has 1 aromatic carbocycles. The number of hydrogen-bond acceptors (Lipinski definition) is 3. The predicted molar refractivity (Wildman–Crippen MR) is 97.9 cm³/mol. The molecular weight excluding hydrogens is 302 g/mol. The molecule has 0 bridgehead atoms. The van der Waals surface area contributed by atoms with Gasteiger partial charge in [-0.25, -0.2) is 0 Å². The number of para-hydroxylation sites is 1. The van der Waals surface area contributed by atoms with Crippen LogP contribution in [0.3, 0.4) is 0 Å². The highest BCUT2D eigenvalue weighted by Crippen LogP contribution is 2.11. The second-order valence-electron chi connectivity index (χ2n) is 6.15. The van der Waals surface area contributed by atoms with Crippen molar-refractivity contribution in [2.45, 2.75) is 71.1 Å². The van der Waals surface area contributed by atoms with E-state index in [1.165, 1.54) is 44.9 Å². The van der Waals surface area contributed by atoms with Gasteiger partial charge in [0.2, 0.25) is 0 Å². The van der Waals surface area contributed by atoms with Crippen LogP contribution >= 0.6 is 0 Å². The number of hydrogen-bond donors (Lipinski definition) is 1. The smallest absolute Gasteiger partial charge is 0.306 e. The van der Waals surface area contributed by atoms with Crippen molar-refractivity contribution < 1.29 is 14.3 Å². The Morgan fingerprint density at radius 3 is 2.08 bits per heavy atom. The van der Waals surface area contributed by atoms with Crippen LogP contribution in [0.4, 0.5) is 5.69 Å². The predicted octanol–water partition coefficient (Wildman–Crippen LogP) is 5.09. The number of unbranched alkanes of at least 4 members (excludes halogenated alkanes) is 8. The molecule has 134 valence electrons. The minimum absolute atomic E-state index is 0.217. The molecule has 1 N–H and O–H groups in total. The van der Waals surface area contributed by atoms with E-state index in [2.05, 4.69) is 12.2 Å². The number of nitrogens with one attached hydrogen (secondary N) is 1. The van der Waals surface area contributed by atoms with Gasteiger partial charge in [0.05, 0.1) is 0 Å². The van der Waals surface area contributed by atoms with Crippen molar-refractivity contribution >= 4 is 17.6 Å². The normalized spacial score (nSPS) is 10.4. The first-order valence-corrected chi connectivity index (χ1v) is 9.23. The highest BCUT2D eigenvalue weighted by molar-refractivity contribution is 5.92.